The third kappa shape index (κ3) is 2.25. The van der Waals surface area contributed by atoms with Crippen molar-refractivity contribution in [3.05, 3.63) is 17.9 Å². The van der Waals surface area contributed by atoms with Gasteiger partial charge in [-0.3, -0.25) is 4.79 Å². The number of benzene rings is 1. The maximum absolute atomic E-state index is 13.8. The van der Waals surface area contributed by atoms with Gasteiger partial charge in [0.05, 0.1) is 25.0 Å². The van der Waals surface area contributed by atoms with Crippen LogP contribution in [0.15, 0.2) is 12.1 Å². The molecule has 1 heterocycles. The van der Waals surface area contributed by atoms with Crippen molar-refractivity contribution in [1.29, 1.82) is 0 Å². The van der Waals surface area contributed by atoms with E-state index in [9.17, 15) is 9.18 Å². The number of piperazine rings is 1. The summed E-state index contributed by atoms with van der Waals surface area (Å²) in [4.78, 5) is 12.9. The monoisotopic (exact) mass is 239 g/mol. The number of hydrogen-bond acceptors (Lipinski definition) is 4. The van der Waals surface area contributed by atoms with E-state index in [-0.39, 0.29) is 18.1 Å². The molecule has 1 amide bonds. The lowest BCUT2D eigenvalue weighted by Crippen LogP contribution is -2.48. The fourth-order valence-corrected chi connectivity index (χ4v) is 1.82. The fraction of sp³-hybridized carbons (Fsp3) is 0.364. The molecule has 1 aromatic rings. The first-order chi connectivity index (χ1) is 8.11. The van der Waals surface area contributed by atoms with Gasteiger partial charge in [0, 0.05) is 25.2 Å². The van der Waals surface area contributed by atoms with Gasteiger partial charge in [-0.25, -0.2) is 4.39 Å². The summed E-state index contributed by atoms with van der Waals surface area (Å²) in [6.07, 6.45) is 0. The smallest absolute Gasteiger partial charge is 0.239 e. The summed E-state index contributed by atoms with van der Waals surface area (Å²) in [7, 11) is 1.47. The van der Waals surface area contributed by atoms with E-state index < -0.39 is 5.82 Å². The lowest BCUT2D eigenvalue weighted by atomic mass is 10.2. The van der Waals surface area contributed by atoms with Crippen molar-refractivity contribution in [2.45, 2.75) is 0 Å². The first kappa shape index (κ1) is 11.5. The van der Waals surface area contributed by atoms with E-state index in [1.54, 1.807) is 4.90 Å². The van der Waals surface area contributed by atoms with Crippen molar-refractivity contribution in [3.8, 4) is 5.75 Å². The highest BCUT2D eigenvalue weighted by atomic mass is 19.1. The second-order valence-corrected chi connectivity index (χ2v) is 3.82. The molecule has 3 N–H and O–H groups in total. The lowest BCUT2D eigenvalue weighted by molar-refractivity contribution is -0.120. The molecule has 92 valence electrons. The average Bonchev–Trinajstić information content (AvgIpc) is 2.29. The van der Waals surface area contributed by atoms with Crippen molar-refractivity contribution in [3.63, 3.8) is 0 Å². The van der Waals surface area contributed by atoms with E-state index in [4.69, 9.17) is 10.5 Å². The number of rotatable bonds is 2. The molecule has 2 rings (SSSR count). The molecule has 1 fully saturated rings. The largest absolute Gasteiger partial charge is 0.495 e. The number of ether oxygens (including phenoxy) is 1. The molecule has 6 heteroatoms. The summed E-state index contributed by atoms with van der Waals surface area (Å²) < 4.78 is 18.8. The van der Waals surface area contributed by atoms with Crippen LogP contribution in [-0.2, 0) is 4.79 Å². The molecule has 0 aromatic heterocycles. The van der Waals surface area contributed by atoms with Crippen molar-refractivity contribution >= 4 is 17.3 Å². The van der Waals surface area contributed by atoms with Gasteiger partial charge in [0.2, 0.25) is 5.91 Å². The third-order valence-electron chi connectivity index (χ3n) is 2.68. The number of hydrogen-bond donors (Lipinski definition) is 2. The number of nitrogens with one attached hydrogen (secondary N) is 1. The average molecular weight is 239 g/mol. The Morgan fingerprint density at radius 1 is 1.53 bits per heavy atom. The highest BCUT2D eigenvalue weighted by molar-refractivity contribution is 5.83. The normalized spacial score (nSPS) is 15.6. The van der Waals surface area contributed by atoms with E-state index in [2.05, 4.69) is 5.32 Å². The summed E-state index contributed by atoms with van der Waals surface area (Å²) in [5.41, 5.74) is 6.18. The molecular formula is C11H14FN3O2. The van der Waals surface area contributed by atoms with Crippen LogP contribution in [0.25, 0.3) is 0 Å². The Bertz CT molecular complexity index is 451. The molecule has 0 saturated carbocycles. The summed E-state index contributed by atoms with van der Waals surface area (Å²) in [6.45, 7) is 1.21. The SMILES string of the molecule is COc1cc(N2CCNC(=O)C2)c(F)cc1N. The second-order valence-electron chi connectivity index (χ2n) is 3.82. The maximum Gasteiger partial charge on any atom is 0.239 e. The molecule has 5 nitrogen and oxygen atoms in total. The highest BCUT2D eigenvalue weighted by Crippen LogP contribution is 2.30. The number of nitrogens with zero attached hydrogens (tertiary/aromatic N) is 1. The molecule has 0 bridgehead atoms. The van der Waals surface area contributed by atoms with Crippen LogP contribution in [0, 0.1) is 5.82 Å². The van der Waals surface area contributed by atoms with E-state index >= 15 is 0 Å². The zero-order chi connectivity index (χ0) is 12.4. The van der Waals surface area contributed by atoms with Gasteiger partial charge in [0.15, 0.2) is 0 Å². The van der Waals surface area contributed by atoms with E-state index in [1.165, 1.54) is 19.2 Å². The Morgan fingerprint density at radius 2 is 2.29 bits per heavy atom. The fourth-order valence-electron chi connectivity index (χ4n) is 1.82. The molecule has 17 heavy (non-hydrogen) atoms. The first-order valence-electron chi connectivity index (χ1n) is 5.26. The summed E-state index contributed by atoms with van der Waals surface area (Å²) in [5.74, 6) is -0.156. The zero-order valence-corrected chi connectivity index (χ0v) is 9.50. The van der Waals surface area contributed by atoms with Crippen LogP contribution >= 0.6 is 0 Å². The quantitative estimate of drug-likeness (QED) is 0.731. The van der Waals surface area contributed by atoms with Crippen LogP contribution in [0.4, 0.5) is 15.8 Å². The van der Waals surface area contributed by atoms with Crippen molar-refractivity contribution in [1.82, 2.24) is 5.32 Å². The topological polar surface area (TPSA) is 67.6 Å². The minimum absolute atomic E-state index is 0.119. The van der Waals surface area contributed by atoms with Crippen LogP contribution in [0.1, 0.15) is 0 Å². The summed E-state index contributed by atoms with van der Waals surface area (Å²) in [5, 5.41) is 2.68. The molecule has 0 spiro atoms. The molecular weight excluding hydrogens is 225 g/mol. The Labute approximate surface area is 98.3 Å². The number of nitrogens with two attached hydrogens (primary N) is 1. The van der Waals surface area contributed by atoms with Crippen molar-refractivity contribution in [2.24, 2.45) is 0 Å². The summed E-state index contributed by atoms with van der Waals surface area (Å²) >= 11 is 0. The van der Waals surface area contributed by atoms with E-state index in [0.717, 1.165) is 0 Å². The van der Waals surface area contributed by atoms with Gasteiger partial charge in [-0.1, -0.05) is 0 Å². The number of carbonyl (C=O) groups is 1. The molecule has 1 aromatic carbocycles. The molecule has 0 aliphatic carbocycles. The molecule has 0 radical (unpaired) electrons. The minimum Gasteiger partial charge on any atom is -0.495 e. The van der Waals surface area contributed by atoms with Gasteiger partial charge in [-0.05, 0) is 0 Å². The number of carbonyl (C=O) groups excluding carboxylic acids is 1. The molecule has 1 aliphatic rings. The van der Waals surface area contributed by atoms with Crippen LogP contribution in [0.2, 0.25) is 0 Å². The Hall–Kier alpha value is -1.98. The standard InChI is InChI=1S/C11H14FN3O2/c1-17-10-5-9(7(12)4-8(10)13)15-3-2-14-11(16)6-15/h4-5H,2-3,6,13H2,1H3,(H,14,16). The highest BCUT2D eigenvalue weighted by Gasteiger charge is 2.20. The number of nitrogen functional groups attached to an aromatic ring is 1. The Balaban J connectivity index is 2.33. The van der Waals surface area contributed by atoms with Crippen molar-refractivity contribution < 1.29 is 13.9 Å². The number of amides is 1. The van der Waals surface area contributed by atoms with Crippen LogP contribution in [-0.4, -0.2) is 32.7 Å². The van der Waals surface area contributed by atoms with Gasteiger partial charge >= 0.3 is 0 Å². The number of halogens is 1. The molecule has 1 aliphatic heterocycles. The summed E-state index contributed by atoms with van der Waals surface area (Å²) in [6, 6.07) is 2.73. The Morgan fingerprint density at radius 3 is 2.94 bits per heavy atom. The Kier molecular flexibility index (Phi) is 3.03. The molecule has 0 unspecified atom stereocenters. The predicted octanol–water partition coefficient (Wildman–Crippen LogP) is 0.353. The first-order valence-corrected chi connectivity index (χ1v) is 5.26. The zero-order valence-electron chi connectivity index (χ0n) is 9.50. The van der Waals surface area contributed by atoms with E-state index in [0.29, 0.717) is 24.5 Å². The molecule has 1 saturated heterocycles. The van der Waals surface area contributed by atoms with Crippen molar-refractivity contribution in [2.75, 3.05) is 37.4 Å². The molecule has 0 atom stereocenters. The van der Waals surface area contributed by atoms with Gasteiger partial charge in [0.25, 0.3) is 0 Å². The van der Waals surface area contributed by atoms with E-state index in [1.807, 2.05) is 0 Å². The lowest BCUT2D eigenvalue weighted by Gasteiger charge is -2.29. The maximum atomic E-state index is 13.8. The predicted molar refractivity (Wildman–Crippen MR) is 62.6 cm³/mol. The third-order valence-corrected chi connectivity index (χ3v) is 2.68. The van der Waals surface area contributed by atoms with Crippen LogP contribution in [0.3, 0.4) is 0 Å². The number of anilines is 2. The van der Waals surface area contributed by atoms with Gasteiger partial charge in [0.1, 0.15) is 11.6 Å². The van der Waals surface area contributed by atoms with Crippen LogP contribution in [0.5, 0.6) is 5.75 Å². The van der Waals surface area contributed by atoms with Gasteiger partial charge in [-0.2, -0.15) is 0 Å². The minimum atomic E-state index is -0.446. The number of methoxy groups -OCH3 is 1. The van der Waals surface area contributed by atoms with Gasteiger partial charge in [-0.15, -0.1) is 0 Å². The second kappa shape index (κ2) is 4.48. The van der Waals surface area contributed by atoms with Crippen LogP contribution < -0.4 is 20.7 Å². The van der Waals surface area contributed by atoms with Gasteiger partial charge < -0.3 is 20.7 Å².